The van der Waals surface area contributed by atoms with Gasteiger partial charge < -0.3 is 10.5 Å². The van der Waals surface area contributed by atoms with Crippen LogP contribution in [0, 0.1) is 0 Å². The molecule has 0 saturated heterocycles. The lowest BCUT2D eigenvalue weighted by Crippen LogP contribution is -2.19. The molecule has 0 aliphatic rings. The van der Waals surface area contributed by atoms with Crippen molar-refractivity contribution in [1.82, 2.24) is 0 Å². The summed E-state index contributed by atoms with van der Waals surface area (Å²) in [7, 11) is 0. The van der Waals surface area contributed by atoms with Crippen molar-refractivity contribution in [3.8, 4) is 5.75 Å². The van der Waals surface area contributed by atoms with E-state index in [1.807, 2.05) is 0 Å². The quantitative estimate of drug-likeness (QED) is 0.883. The Hall–Kier alpha value is -0.650. The lowest BCUT2D eigenvalue weighted by atomic mass is 10.1. The molecular formula is C12H14Cl2F3NO. The van der Waals surface area contributed by atoms with Gasteiger partial charge >= 0.3 is 6.18 Å². The highest BCUT2D eigenvalue weighted by molar-refractivity contribution is 6.35. The van der Waals surface area contributed by atoms with Crippen LogP contribution in [0.25, 0.3) is 0 Å². The second kappa shape index (κ2) is 6.68. The van der Waals surface area contributed by atoms with Crippen LogP contribution in [0.15, 0.2) is 12.1 Å². The Morgan fingerprint density at radius 3 is 2.47 bits per heavy atom. The predicted molar refractivity (Wildman–Crippen MR) is 70.0 cm³/mol. The maximum absolute atomic E-state index is 12.1. The first-order chi connectivity index (χ1) is 8.69. The van der Waals surface area contributed by atoms with Gasteiger partial charge in [-0.2, -0.15) is 13.2 Å². The third-order valence-electron chi connectivity index (χ3n) is 2.26. The van der Waals surface area contributed by atoms with Crippen LogP contribution in [-0.4, -0.2) is 18.8 Å². The summed E-state index contributed by atoms with van der Waals surface area (Å²) in [5, 5.41) is 0.578. The smallest absolute Gasteiger partial charge is 0.392 e. The largest absolute Gasteiger partial charge is 0.491 e. The molecule has 19 heavy (non-hydrogen) atoms. The summed E-state index contributed by atoms with van der Waals surface area (Å²) in [6.07, 6.45) is -4.88. The van der Waals surface area contributed by atoms with E-state index in [-0.39, 0.29) is 16.8 Å². The Bertz CT molecular complexity index is 436. The number of nitrogens with two attached hydrogens (primary N) is 1. The fraction of sp³-hybridized carbons (Fsp3) is 0.500. The van der Waals surface area contributed by atoms with Crippen LogP contribution in [0.4, 0.5) is 13.2 Å². The normalized spacial score (nSPS) is 13.4. The zero-order chi connectivity index (χ0) is 14.6. The van der Waals surface area contributed by atoms with Crippen molar-refractivity contribution in [2.45, 2.75) is 32.0 Å². The molecule has 0 aromatic heterocycles. The van der Waals surface area contributed by atoms with Gasteiger partial charge in [0.15, 0.2) is 0 Å². The van der Waals surface area contributed by atoms with Crippen molar-refractivity contribution in [2.24, 2.45) is 5.73 Å². The second-order valence-electron chi connectivity index (χ2n) is 4.27. The van der Waals surface area contributed by atoms with Gasteiger partial charge in [-0.1, -0.05) is 23.2 Å². The maximum atomic E-state index is 12.1. The summed E-state index contributed by atoms with van der Waals surface area (Å²) in [6, 6.07) is 2.84. The molecule has 0 saturated carbocycles. The topological polar surface area (TPSA) is 35.2 Å². The summed E-state index contributed by atoms with van der Waals surface area (Å²) < 4.78 is 41.4. The minimum absolute atomic E-state index is 0.181. The Labute approximate surface area is 119 Å². The van der Waals surface area contributed by atoms with Gasteiger partial charge in [0.1, 0.15) is 5.75 Å². The number of rotatable bonds is 5. The van der Waals surface area contributed by atoms with Crippen molar-refractivity contribution < 1.29 is 17.9 Å². The molecule has 2 nitrogen and oxygen atoms in total. The Kier molecular flexibility index (Phi) is 5.77. The molecule has 0 fully saturated rings. The minimum Gasteiger partial charge on any atom is -0.491 e. The van der Waals surface area contributed by atoms with Gasteiger partial charge in [-0.25, -0.2) is 0 Å². The SMILES string of the molecule is CC(N)Cc1cc(Cl)cc(Cl)c1OCCC(F)(F)F. The van der Waals surface area contributed by atoms with Crippen LogP contribution in [-0.2, 0) is 6.42 Å². The molecule has 108 valence electrons. The van der Waals surface area contributed by atoms with E-state index in [1.54, 1.807) is 13.0 Å². The Morgan fingerprint density at radius 2 is 1.95 bits per heavy atom. The van der Waals surface area contributed by atoms with E-state index in [0.717, 1.165) is 0 Å². The molecule has 1 aromatic rings. The molecule has 0 spiro atoms. The van der Waals surface area contributed by atoms with Crippen molar-refractivity contribution in [1.29, 1.82) is 0 Å². The fourth-order valence-electron chi connectivity index (χ4n) is 1.54. The van der Waals surface area contributed by atoms with Gasteiger partial charge in [-0.3, -0.25) is 0 Å². The lowest BCUT2D eigenvalue weighted by Gasteiger charge is -2.16. The summed E-state index contributed by atoms with van der Waals surface area (Å²) in [4.78, 5) is 0. The molecule has 1 atom stereocenters. The molecule has 0 amide bonds. The first-order valence-electron chi connectivity index (χ1n) is 5.62. The zero-order valence-corrected chi connectivity index (χ0v) is 11.7. The molecule has 1 rings (SSSR count). The molecule has 7 heteroatoms. The number of hydrogen-bond acceptors (Lipinski definition) is 2. The van der Waals surface area contributed by atoms with Crippen LogP contribution >= 0.6 is 23.2 Å². The van der Waals surface area contributed by atoms with Gasteiger partial charge in [0.05, 0.1) is 18.1 Å². The third-order valence-corrected chi connectivity index (χ3v) is 2.76. The van der Waals surface area contributed by atoms with Crippen LogP contribution < -0.4 is 10.5 Å². The summed E-state index contributed by atoms with van der Waals surface area (Å²) in [5.41, 5.74) is 6.28. The average molecular weight is 316 g/mol. The zero-order valence-electron chi connectivity index (χ0n) is 10.2. The highest BCUT2D eigenvalue weighted by Gasteiger charge is 2.27. The molecule has 0 aliphatic heterocycles. The molecule has 1 unspecified atom stereocenters. The molecule has 0 bridgehead atoms. The minimum atomic E-state index is -4.26. The first-order valence-corrected chi connectivity index (χ1v) is 6.37. The molecule has 0 aliphatic carbocycles. The second-order valence-corrected chi connectivity index (χ2v) is 5.11. The maximum Gasteiger partial charge on any atom is 0.392 e. The molecule has 0 radical (unpaired) electrons. The lowest BCUT2D eigenvalue weighted by molar-refractivity contribution is -0.139. The molecule has 1 aromatic carbocycles. The number of benzene rings is 1. The van der Waals surface area contributed by atoms with Crippen molar-refractivity contribution in [2.75, 3.05) is 6.61 Å². The van der Waals surface area contributed by atoms with Crippen LogP contribution in [0.3, 0.4) is 0 Å². The van der Waals surface area contributed by atoms with E-state index >= 15 is 0 Å². The van der Waals surface area contributed by atoms with Gasteiger partial charge in [0.25, 0.3) is 0 Å². The predicted octanol–water partition coefficient (Wildman–Crippen LogP) is 4.21. The number of ether oxygens (including phenoxy) is 1. The highest BCUT2D eigenvalue weighted by atomic mass is 35.5. The summed E-state index contributed by atoms with van der Waals surface area (Å²) in [5.74, 6) is 0.215. The van der Waals surface area contributed by atoms with Gasteiger partial charge in [-0.05, 0) is 31.0 Å². The molecular weight excluding hydrogens is 302 g/mol. The van der Waals surface area contributed by atoms with E-state index in [4.69, 9.17) is 33.7 Å². The van der Waals surface area contributed by atoms with Crippen LogP contribution in [0.1, 0.15) is 18.9 Å². The van der Waals surface area contributed by atoms with Crippen molar-refractivity contribution in [3.63, 3.8) is 0 Å². The van der Waals surface area contributed by atoms with Crippen LogP contribution in [0.5, 0.6) is 5.75 Å². The first kappa shape index (κ1) is 16.4. The number of hydrogen-bond donors (Lipinski definition) is 1. The van der Waals surface area contributed by atoms with Gasteiger partial charge in [0, 0.05) is 11.1 Å². The van der Waals surface area contributed by atoms with E-state index < -0.39 is 19.2 Å². The average Bonchev–Trinajstić information content (AvgIpc) is 2.19. The van der Waals surface area contributed by atoms with E-state index in [9.17, 15) is 13.2 Å². The summed E-state index contributed by atoms with van der Waals surface area (Å²) in [6.45, 7) is 1.28. The Morgan fingerprint density at radius 1 is 1.32 bits per heavy atom. The fourth-order valence-corrected chi connectivity index (χ4v) is 2.13. The Balaban J connectivity index is 2.85. The number of alkyl halides is 3. The van der Waals surface area contributed by atoms with Crippen molar-refractivity contribution in [3.05, 3.63) is 27.7 Å². The third kappa shape index (κ3) is 5.89. The van der Waals surface area contributed by atoms with Gasteiger partial charge in [0.2, 0.25) is 0 Å². The molecule has 2 N–H and O–H groups in total. The van der Waals surface area contributed by atoms with Crippen LogP contribution in [0.2, 0.25) is 10.0 Å². The standard InChI is InChI=1S/C12H14Cl2F3NO/c1-7(18)4-8-5-9(13)6-10(14)11(8)19-3-2-12(15,16)17/h5-7H,2-4,18H2,1H3. The van der Waals surface area contributed by atoms with E-state index in [0.29, 0.717) is 17.0 Å². The summed E-state index contributed by atoms with van der Waals surface area (Å²) >= 11 is 11.8. The van der Waals surface area contributed by atoms with Crippen molar-refractivity contribution >= 4 is 23.2 Å². The number of halogens is 5. The van der Waals surface area contributed by atoms with E-state index in [2.05, 4.69) is 0 Å². The highest BCUT2D eigenvalue weighted by Crippen LogP contribution is 2.33. The molecule has 0 heterocycles. The van der Waals surface area contributed by atoms with E-state index in [1.165, 1.54) is 6.07 Å². The monoisotopic (exact) mass is 315 g/mol. The van der Waals surface area contributed by atoms with Gasteiger partial charge in [-0.15, -0.1) is 0 Å².